The Hall–Kier alpha value is -2.05. The molecule has 0 aromatic rings. The van der Waals surface area contributed by atoms with Crippen molar-refractivity contribution in [3.05, 3.63) is 11.3 Å². The molecule has 0 unspecified atom stereocenters. The first-order valence-corrected chi connectivity index (χ1v) is 5.96. The van der Waals surface area contributed by atoms with E-state index < -0.39 is 30.0 Å². The number of esters is 3. The van der Waals surface area contributed by atoms with Gasteiger partial charge in [0.05, 0.1) is 31.8 Å². The number of hydrogen-bond acceptors (Lipinski definition) is 7. The molecule has 0 aromatic heterocycles. The highest BCUT2D eigenvalue weighted by molar-refractivity contribution is 6.02. The van der Waals surface area contributed by atoms with Gasteiger partial charge in [0, 0.05) is 0 Å². The molecule has 7 heteroatoms. The zero-order valence-electron chi connectivity index (χ0n) is 11.4. The quantitative estimate of drug-likeness (QED) is 0.403. The molecule has 0 bridgehead atoms. The molecule has 2 N–H and O–H groups in total. The molecule has 0 spiro atoms. The first-order valence-electron chi connectivity index (χ1n) is 5.96. The number of ether oxygens (including phenoxy) is 3. The molecule has 0 heterocycles. The van der Waals surface area contributed by atoms with Crippen LogP contribution in [0.2, 0.25) is 0 Å². The van der Waals surface area contributed by atoms with Gasteiger partial charge in [0.25, 0.3) is 0 Å². The Labute approximate surface area is 111 Å². The Balaban J connectivity index is 5.14. The van der Waals surface area contributed by atoms with E-state index in [0.717, 1.165) is 0 Å². The highest BCUT2D eigenvalue weighted by atomic mass is 16.5. The Bertz CT molecular complexity index is 374. The third-order valence-corrected chi connectivity index (χ3v) is 1.97. The number of hydrogen-bond donors (Lipinski definition) is 1. The van der Waals surface area contributed by atoms with E-state index in [1.165, 1.54) is 0 Å². The second kappa shape index (κ2) is 8.96. The van der Waals surface area contributed by atoms with E-state index in [0.29, 0.717) is 0 Å². The highest BCUT2D eigenvalue weighted by Gasteiger charge is 2.23. The van der Waals surface area contributed by atoms with Gasteiger partial charge in [-0.15, -0.1) is 0 Å². The van der Waals surface area contributed by atoms with Crippen molar-refractivity contribution in [2.45, 2.75) is 27.2 Å². The van der Waals surface area contributed by atoms with Crippen LogP contribution in [0.5, 0.6) is 0 Å². The molecule has 0 saturated carbocycles. The van der Waals surface area contributed by atoms with Gasteiger partial charge in [-0.2, -0.15) is 0 Å². The summed E-state index contributed by atoms with van der Waals surface area (Å²) in [5.74, 6) is -2.37. The minimum absolute atomic E-state index is 0.0985. The minimum atomic E-state index is -0.866. The predicted octanol–water partition coefficient (Wildman–Crippen LogP) is 0.279. The Kier molecular flexibility index (Phi) is 7.99. The van der Waals surface area contributed by atoms with Crippen molar-refractivity contribution in [1.82, 2.24) is 0 Å². The maximum Gasteiger partial charge on any atom is 0.354 e. The third-order valence-electron chi connectivity index (χ3n) is 1.97. The fourth-order valence-corrected chi connectivity index (χ4v) is 1.18. The van der Waals surface area contributed by atoms with Gasteiger partial charge in [-0.05, 0) is 20.8 Å². The van der Waals surface area contributed by atoms with Gasteiger partial charge >= 0.3 is 17.9 Å². The monoisotopic (exact) mass is 273 g/mol. The van der Waals surface area contributed by atoms with Crippen LogP contribution in [0.25, 0.3) is 0 Å². The zero-order chi connectivity index (χ0) is 14.8. The van der Waals surface area contributed by atoms with E-state index in [1.54, 1.807) is 20.8 Å². The summed E-state index contributed by atoms with van der Waals surface area (Å²) in [5.41, 5.74) is 4.83. The number of carbonyl (C=O) groups excluding carboxylic acids is 3. The van der Waals surface area contributed by atoms with Crippen LogP contribution >= 0.6 is 0 Å². The lowest BCUT2D eigenvalue weighted by molar-refractivity contribution is -0.146. The summed E-state index contributed by atoms with van der Waals surface area (Å²) in [6, 6.07) is 0. The van der Waals surface area contributed by atoms with Crippen molar-refractivity contribution in [3.8, 4) is 0 Å². The Morgan fingerprint density at radius 2 is 1.32 bits per heavy atom. The number of rotatable bonds is 7. The van der Waals surface area contributed by atoms with Crippen LogP contribution in [-0.4, -0.2) is 37.7 Å². The molecule has 0 rings (SSSR count). The lowest BCUT2D eigenvalue weighted by Gasteiger charge is -2.10. The Morgan fingerprint density at radius 1 is 0.842 bits per heavy atom. The molecule has 0 aliphatic rings. The maximum atomic E-state index is 11.7. The average Bonchev–Trinajstić information content (AvgIpc) is 2.36. The van der Waals surface area contributed by atoms with Crippen LogP contribution < -0.4 is 5.73 Å². The first kappa shape index (κ1) is 16.9. The average molecular weight is 273 g/mol. The summed E-state index contributed by atoms with van der Waals surface area (Å²) in [6.07, 6.45) is -0.433. The van der Waals surface area contributed by atoms with E-state index in [9.17, 15) is 14.4 Å². The fraction of sp³-hybridized carbons (Fsp3) is 0.583. The van der Waals surface area contributed by atoms with Crippen molar-refractivity contribution in [1.29, 1.82) is 0 Å². The molecule has 0 aliphatic heterocycles. The van der Waals surface area contributed by atoms with Gasteiger partial charge in [-0.3, -0.25) is 4.79 Å². The van der Waals surface area contributed by atoms with E-state index in [4.69, 9.17) is 15.2 Å². The lowest BCUT2D eigenvalue weighted by Crippen LogP contribution is -2.24. The van der Waals surface area contributed by atoms with Crippen molar-refractivity contribution < 1.29 is 28.6 Å². The lowest BCUT2D eigenvalue weighted by atomic mass is 10.1. The first-order chi connectivity index (χ1) is 8.97. The van der Waals surface area contributed by atoms with E-state index >= 15 is 0 Å². The Morgan fingerprint density at radius 3 is 1.79 bits per heavy atom. The van der Waals surface area contributed by atoms with Crippen LogP contribution in [0.3, 0.4) is 0 Å². The van der Waals surface area contributed by atoms with Crippen molar-refractivity contribution >= 4 is 17.9 Å². The molecule has 0 radical (unpaired) electrons. The van der Waals surface area contributed by atoms with Gasteiger partial charge in [0.1, 0.15) is 5.70 Å². The molecule has 0 aliphatic carbocycles. The standard InChI is InChI=1S/C12H19NO6/c1-4-17-9(14)7-8(11(15)18-5-2)10(13)12(16)19-6-3/h4-7,13H2,1-3H3. The van der Waals surface area contributed by atoms with Gasteiger partial charge in [-0.25, -0.2) is 9.59 Å². The van der Waals surface area contributed by atoms with Crippen molar-refractivity contribution in [2.24, 2.45) is 5.73 Å². The van der Waals surface area contributed by atoms with Gasteiger partial charge in [0.2, 0.25) is 0 Å². The molecular formula is C12H19NO6. The highest BCUT2D eigenvalue weighted by Crippen LogP contribution is 2.11. The van der Waals surface area contributed by atoms with Crippen LogP contribution in [0.1, 0.15) is 27.2 Å². The summed E-state index contributed by atoms with van der Waals surface area (Å²) in [4.78, 5) is 34.5. The molecular weight excluding hydrogens is 254 g/mol. The topological polar surface area (TPSA) is 105 Å². The van der Waals surface area contributed by atoms with Crippen molar-refractivity contribution in [2.75, 3.05) is 19.8 Å². The molecule has 0 saturated heterocycles. The normalized spacial score (nSPS) is 11.3. The van der Waals surface area contributed by atoms with E-state index in [2.05, 4.69) is 4.74 Å². The van der Waals surface area contributed by atoms with Crippen LogP contribution in [-0.2, 0) is 28.6 Å². The molecule has 108 valence electrons. The predicted molar refractivity (Wildman–Crippen MR) is 65.7 cm³/mol. The van der Waals surface area contributed by atoms with E-state index in [1.807, 2.05) is 0 Å². The SMILES string of the molecule is CCOC(=O)CC(C(=O)OCC)=C(N)C(=O)OCC. The smallest absolute Gasteiger partial charge is 0.354 e. The third kappa shape index (κ3) is 5.89. The van der Waals surface area contributed by atoms with Crippen LogP contribution in [0, 0.1) is 0 Å². The van der Waals surface area contributed by atoms with Crippen molar-refractivity contribution in [3.63, 3.8) is 0 Å². The van der Waals surface area contributed by atoms with E-state index in [-0.39, 0.29) is 25.4 Å². The number of carbonyl (C=O) groups is 3. The maximum absolute atomic E-state index is 11.7. The summed E-state index contributed by atoms with van der Waals surface area (Å²) in [6.45, 7) is 5.19. The molecule has 0 amide bonds. The van der Waals surface area contributed by atoms with Gasteiger partial charge in [-0.1, -0.05) is 0 Å². The minimum Gasteiger partial charge on any atom is -0.466 e. The fourth-order valence-electron chi connectivity index (χ4n) is 1.18. The van der Waals surface area contributed by atoms with Gasteiger partial charge < -0.3 is 19.9 Å². The van der Waals surface area contributed by atoms with Gasteiger partial charge in [0.15, 0.2) is 0 Å². The number of nitrogens with two attached hydrogens (primary N) is 1. The largest absolute Gasteiger partial charge is 0.466 e. The summed E-state index contributed by atoms with van der Waals surface area (Å²) >= 11 is 0. The molecule has 0 fully saturated rings. The summed E-state index contributed by atoms with van der Waals surface area (Å²) in [7, 11) is 0. The molecule has 19 heavy (non-hydrogen) atoms. The molecule has 7 nitrogen and oxygen atoms in total. The second-order valence-corrected chi connectivity index (χ2v) is 3.31. The summed E-state index contributed by atoms with van der Waals surface area (Å²) in [5, 5.41) is 0. The second-order valence-electron chi connectivity index (χ2n) is 3.31. The van der Waals surface area contributed by atoms with Crippen LogP contribution in [0.15, 0.2) is 11.3 Å². The molecule has 0 atom stereocenters. The molecule has 0 aromatic carbocycles. The summed E-state index contributed by atoms with van der Waals surface area (Å²) < 4.78 is 14.1. The zero-order valence-corrected chi connectivity index (χ0v) is 11.4. The van der Waals surface area contributed by atoms with Crippen LogP contribution in [0.4, 0.5) is 0 Å².